The van der Waals surface area contributed by atoms with Gasteiger partial charge >= 0.3 is 6.03 Å². The maximum atomic E-state index is 13.4. The minimum atomic E-state index is -0.569. The SMILES string of the molecule is CCOCCN1C(=O)C2C(N=C3N(CCc4ccc(OC)c(OC)c4)C(C)=C(C)N32)N(C)C1=O. The smallest absolute Gasteiger partial charge is 0.328 e. The number of aliphatic imine (C=N–C) groups is 1. The van der Waals surface area contributed by atoms with E-state index in [-0.39, 0.29) is 18.5 Å². The fourth-order valence-electron chi connectivity index (χ4n) is 4.73. The Labute approximate surface area is 200 Å². The highest BCUT2D eigenvalue weighted by Crippen LogP contribution is 2.38. The van der Waals surface area contributed by atoms with Crippen LogP contribution in [0, 0.1) is 0 Å². The van der Waals surface area contributed by atoms with Crippen molar-refractivity contribution in [3.63, 3.8) is 0 Å². The van der Waals surface area contributed by atoms with Gasteiger partial charge in [-0.05, 0) is 44.9 Å². The van der Waals surface area contributed by atoms with Crippen LogP contribution >= 0.6 is 0 Å². The Morgan fingerprint density at radius 3 is 2.41 bits per heavy atom. The fourth-order valence-corrected chi connectivity index (χ4v) is 4.73. The minimum absolute atomic E-state index is 0.229. The quantitative estimate of drug-likeness (QED) is 0.510. The number of urea groups is 1. The van der Waals surface area contributed by atoms with Crippen LogP contribution in [-0.4, -0.2) is 97.3 Å². The van der Waals surface area contributed by atoms with E-state index in [1.165, 1.54) is 4.90 Å². The molecule has 3 aliphatic heterocycles. The maximum absolute atomic E-state index is 13.4. The Hall–Kier alpha value is -3.27. The molecule has 1 aromatic rings. The third-order valence-corrected chi connectivity index (χ3v) is 6.74. The topological polar surface area (TPSA) is 87.2 Å². The monoisotopic (exact) mass is 471 g/mol. The molecule has 3 amide bonds. The van der Waals surface area contributed by atoms with Crippen molar-refractivity contribution in [1.29, 1.82) is 0 Å². The molecule has 0 N–H and O–H groups in total. The van der Waals surface area contributed by atoms with Gasteiger partial charge in [0, 0.05) is 31.6 Å². The molecule has 3 heterocycles. The van der Waals surface area contributed by atoms with Crippen molar-refractivity contribution in [1.82, 2.24) is 19.6 Å². The first-order valence-corrected chi connectivity index (χ1v) is 11.5. The van der Waals surface area contributed by atoms with Crippen molar-refractivity contribution in [2.45, 2.75) is 39.4 Å². The molecule has 3 aliphatic rings. The molecule has 184 valence electrons. The van der Waals surface area contributed by atoms with E-state index in [4.69, 9.17) is 19.2 Å². The zero-order valence-electron chi connectivity index (χ0n) is 20.7. The standard InChI is InChI=1S/C24H33N5O5/c1-7-34-13-12-28-22(30)20-21(26(4)24(28)31)25-23-27(15(2)16(3)29(20)23)11-10-17-8-9-18(32-5)19(14-17)33-6/h8-9,14,20-21H,7,10-13H2,1-6H3. The van der Waals surface area contributed by atoms with E-state index in [1.807, 2.05) is 43.9 Å². The largest absolute Gasteiger partial charge is 0.493 e. The normalized spacial score (nSPS) is 21.9. The first-order chi connectivity index (χ1) is 16.3. The summed E-state index contributed by atoms with van der Waals surface area (Å²) in [6, 6.07) is 4.98. The lowest BCUT2D eigenvalue weighted by Crippen LogP contribution is -2.65. The molecule has 0 radical (unpaired) electrons. The molecule has 0 bridgehead atoms. The summed E-state index contributed by atoms with van der Waals surface area (Å²) in [4.78, 5) is 38.1. The number of methoxy groups -OCH3 is 2. The van der Waals surface area contributed by atoms with Crippen LogP contribution in [0.2, 0.25) is 0 Å². The van der Waals surface area contributed by atoms with Crippen molar-refractivity contribution in [2.24, 2.45) is 4.99 Å². The highest BCUT2D eigenvalue weighted by Gasteiger charge is 2.55. The molecule has 1 saturated heterocycles. The van der Waals surface area contributed by atoms with Crippen LogP contribution < -0.4 is 9.47 Å². The number of hydrogen-bond donors (Lipinski definition) is 0. The first kappa shape index (κ1) is 23.9. The second kappa shape index (κ2) is 9.54. The van der Waals surface area contributed by atoms with E-state index in [2.05, 4.69) is 4.90 Å². The Morgan fingerprint density at radius 2 is 1.74 bits per heavy atom. The van der Waals surface area contributed by atoms with Gasteiger partial charge in [-0.25, -0.2) is 9.79 Å². The van der Waals surface area contributed by atoms with Crippen molar-refractivity contribution in [2.75, 3.05) is 47.6 Å². The van der Waals surface area contributed by atoms with Crippen LogP contribution in [0.3, 0.4) is 0 Å². The Morgan fingerprint density at radius 1 is 1.00 bits per heavy atom. The van der Waals surface area contributed by atoms with Crippen LogP contribution in [0.15, 0.2) is 34.6 Å². The van der Waals surface area contributed by atoms with Gasteiger partial charge in [-0.1, -0.05) is 6.07 Å². The van der Waals surface area contributed by atoms with Gasteiger partial charge in [0.05, 0.1) is 27.4 Å². The highest BCUT2D eigenvalue weighted by molar-refractivity contribution is 6.05. The van der Waals surface area contributed by atoms with Gasteiger partial charge in [-0.2, -0.15) is 0 Å². The van der Waals surface area contributed by atoms with Gasteiger partial charge in [0.1, 0.15) is 0 Å². The molecule has 1 fully saturated rings. The second-order valence-corrected chi connectivity index (χ2v) is 8.50. The lowest BCUT2D eigenvalue weighted by atomic mass is 10.1. The highest BCUT2D eigenvalue weighted by atomic mass is 16.5. The zero-order valence-corrected chi connectivity index (χ0v) is 20.7. The van der Waals surface area contributed by atoms with Gasteiger partial charge in [0.2, 0.25) is 5.96 Å². The average molecular weight is 472 g/mol. The predicted octanol–water partition coefficient (Wildman–Crippen LogP) is 2.11. The van der Waals surface area contributed by atoms with Crippen LogP contribution in [0.5, 0.6) is 11.5 Å². The first-order valence-electron chi connectivity index (χ1n) is 11.5. The van der Waals surface area contributed by atoms with Crippen LogP contribution in [0.25, 0.3) is 0 Å². The van der Waals surface area contributed by atoms with Crippen LogP contribution in [0.1, 0.15) is 26.3 Å². The molecule has 2 atom stereocenters. The third kappa shape index (κ3) is 3.85. The molecule has 0 spiro atoms. The molecule has 34 heavy (non-hydrogen) atoms. The summed E-state index contributed by atoms with van der Waals surface area (Å²) in [6.45, 7) is 7.68. The molecular formula is C24H33N5O5. The minimum Gasteiger partial charge on any atom is -0.493 e. The number of fused-ring (bicyclic) bond motifs is 3. The number of allylic oxidation sites excluding steroid dienone is 2. The molecular weight excluding hydrogens is 438 g/mol. The van der Waals surface area contributed by atoms with E-state index < -0.39 is 12.2 Å². The molecule has 10 nitrogen and oxygen atoms in total. The van der Waals surface area contributed by atoms with Gasteiger partial charge in [0.25, 0.3) is 5.91 Å². The number of amides is 3. The Kier molecular flexibility index (Phi) is 6.70. The van der Waals surface area contributed by atoms with Crippen LogP contribution in [0.4, 0.5) is 4.79 Å². The number of benzene rings is 1. The number of rotatable bonds is 9. The van der Waals surface area contributed by atoms with Gasteiger partial charge in [-0.15, -0.1) is 0 Å². The van der Waals surface area contributed by atoms with E-state index >= 15 is 0 Å². The van der Waals surface area contributed by atoms with Gasteiger partial charge in [0.15, 0.2) is 23.7 Å². The number of likely N-dealkylation sites (N-methyl/N-ethyl adjacent to an activating group) is 1. The summed E-state index contributed by atoms with van der Waals surface area (Å²) >= 11 is 0. The van der Waals surface area contributed by atoms with Gasteiger partial charge < -0.3 is 24.0 Å². The molecule has 4 rings (SSSR count). The number of guanidine groups is 1. The van der Waals surface area contributed by atoms with E-state index in [0.29, 0.717) is 37.2 Å². The van der Waals surface area contributed by atoms with Crippen molar-refractivity contribution < 1.29 is 23.8 Å². The summed E-state index contributed by atoms with van der Waals surface area (Å²) in [6.07, 6.45) is 0.195. The summed E-state index contributed by atoms with van der Waals surface area (Å²) in [5.41, 5.74) is 3.12. The molecule has 0 aromatic heterocycles. The predicted molar refractivity (Wildman–Crippen MR) is 127 cm³/mol. The van der Waals surface area contributed by atoms with Crippen molar-refractivity contribution >= 4 is 17.9 Å². The zero-order chi connectivity index (χ0) is 24.6. The number of carbonyl (C=O) groups excluding carboxylic acids is 2. The van der Waals surface area contributed by atoms with E-state index in [9.17, 15) is 9.59 Å². The number of nitrogens with zero attached hydrogens (tertiary/aromatic N) is 5. The molecule has 0 aliphatic carbocycles. The number of ether oxygens (including phenoxy) is 3. The molecule has 0 saturated carbocycles. The fraction of sp³-hybridized carbons (Fsp3) is 0.542. The second-order valence-electron chi connectivity index (χ2n) is 8.50. The summed E-state index contributed by atoms with van der Waals surface area (Å²) in [5.74, 6) is 1.86. The van der Waals surface area contributed by atoms with Gasteiger partial charge in [-0.3, -0.25) is 14.6 Å². The molecule has 1 aromatic carbocycles. The lowest BCUT2D eigenvalue weighted by molar-refractivity contribution is -0.137. The molecule has 10 heteroatoms. The Balaban J connectivity index is 1.55. The summed E-state index contributed by atoms with van der Waals surface area (Å²) in [5, 5.41) is 0. The van der Waals surface area contributed by atoms with E-state index in [0.717, 1.165) is 23.4 Å². The number of carbonyl (C=O) groups is 2. The number of imide groups is 1. The van der Waals surface area contributed by atoms with E-state index in [1.54, 1.807) is 26.2 Å². The number of hydrogen-bond acceptors (Lipinski definition) is 8. The maximum Gasteiger partial charge on any atom is 0.328 e. The van der Waals surface area contributed by atoms with Crippen LogP contribution in [-0.2, 0) is 16.0 Å². The van der Waals surface area contributed by atoms with Crippen molar-refractivity contribution in [3.05, 3.63) is 35.2 Å². The summed E-state index contributed by atoms with van der Waals surface area (Å²) in [7, 11) is 4.94. The Bertz CT molecular complexity index is 1040. The third-order valence-electron chi connectivity index (χ3n) is 6.74. The lowest BCUT2D eigenvalue weighted by Gasteiger charge is -2.40. The molecule has 2 unspecified atom stereocenters. The summed E-state index contributed by atoms with van der Waals surface area (Å²) < 4.78 is 16.2. The van der Waals surface area contributed by atoms with Crippen molar-refractivity contribution in [3.8, 4) is 11.5 Å². The average Bonchev–Trinajstić information content (AvgIpc) is 3.34.